The second-order valence-electron chi connectivity index (χ2n) is 4.70. The van der Waals surface area contributed by atoms with E-state index in [-0.39, 0.29) is 6.04 Å². The fourth-order valence-electron chi connectivity index (χ4n) is 2.35. The summed E-state index contributed by atoms with van der Waals surface area (Å²) in [6.45, 7) is 6.73. The van der Waals surface area contributed by atoms with Crippen molar-refractivity contribution < 1.29 is 0 Å². The summed E-state index contributed by atoms with van der Waals surface area (Å²) in [6, 6.07) is 8.77. The van der Waals surface area contributed by atoms with Gasteiger partial charge in [-0.3, -0.25) is 0 Å². The molecule has 1 fully saturated rings. The Bertz CT molecular complexity index is 367. The monoisotopic (exact) mass is 250 g/mol. The second kappa shape index (κ2) is 5.78. The molecule has 1 heterocycles. The number of rotatable bonds is 3. The first kappa shape index (κ1) is 12.8. The molecule has 1 aliphatic heterocycles. The lowest BCUT2D eigenvalue weighted by Crippen LogP contribution is -2.37. The fraction of sp³-hybridized carbons (Fsp3) is 0.571. The van der Waals surface area contributed by atoms with Gasteiger partial charge >= 0.3 is 0 Å². The van der Waals surface area contributed by atoms with Gasteiger partial charge in [0.1, 0.15) is 0 Å². The van der Waals surface area contributed by atoms with Crippen LogP contribution in [0.25, 0.3) is 0 Å². The molecule has 1 aromatic rings. The third kappa shape index (κ3) is 2.96. The molecular formula is C14H22N2S. The number of thioether (sulfide) groups is 1. The van der Waals surface area contributed by atoms with Gasteiger partial charge in [-0.1, -0.05) is 32.0 Å². The highest BCUT2D eigenvalue weighted by atomic mass is 32.2. The van der Waals surface area contributed by atoms with Crippen molar-refractivity contribution in [1.29, 1.82) is 0 Å². The summed E-state index contributed by atoms with van der Waals surface area (Å²) in [7, 11) is 0. The van der Waals surface area contributed by atoms with Crippen LogP contribution in [0.5, 0.6) is 0 Å². The Labute approximate surface area is 109 Å². The molecule has 0 spiro atoms. The Hall–Kier alpha value is -0.670. The van der Waals surface area contributed by atoms with Crippen LogP contribution in [0.3, 0.4) is 0 Å². The zero-order chi connectivity index (χ0) is 12.3. The average Bonchev–Trinajstić information content (AvgIpc) is 2.38. The first-order valence-electron chi connectivity index (χ1n) is 6.43. The van der Waals surface area contributed by atoms with Crippen LogP contribution in [0.2, 0.25) is 0 Å². The van der Waals surface area contributed by atoms with Crippen molar-refractivity contribution in [3.8, 4) is 0 Å². The van der Waals surface area contributed by atoms with Crippen LogP contribution in [-0.4, -0.2) is 24.1 Å². The lowest BCUT2D eigenvalue weighted by atomic mass is 10.0. The van der Waals surface area contributed by atoms with Crippen molar-refractivity contribution >= 4 is 17.4 Å². The van der Waals surface area contributed by atoms with Crippen LogP contribution in [0.1, 0.15) is 31.9 Å². The Morgan fingerprint density at radius 3 is 2.94 bits per heavy atom. The van der Waals surface area contributed by atoms with Crippen LogP contribution < -0.4 is 10.6 Å². The molecule has 3 heteroatoms. The van der Waals surface area contributed by atoms with Gasteiger partial charge in [0.2, 0.25) is 0 Å². The van der Waals surface area contributed by atoms with Crippen LogP contribution >= 0.6 is 11.8 Å². The molecule has 1 aromatic carbocycles. The van der Waals surface area contributed by atoms with Crippen molar-refractivity contribution in [3.63, 3.8) is 0 Å². The Morgan fingerprint density at radius 2 is 2.24 bits per heavy atom. The molecule has 1 saturated heterocycles. The summed E-state index contributed by atoms with van der Waals surface area (Å²) in [5, 5.41) is 0.717. The van der Waals surface area contributed by atoms with Crippen molar-refractivity contribution in [2.45, 2.75) is 31.6 Å². The summed E-state index contributed by atoms with van der Waals surface area (Å²) in [6.07, 6.45) is 0.995. The van der Waals surface area contributed by atoms with E-state index in [1.165, 1.54) is 17.0 Å². The molecule has 0 saturated carbocycles. The number of benzene rings is 1. The lowest BCUT2D eigenvalue weighted by Gasteiger charge is -2.34. The Morgan fingerprint density at radius 1 is 1.47 bits per heavy atom. The van der Waals surface area contributed by atoms with Gasteiger partial charge in [0.05, 0.1) is 0 Å². The van der Waals surface area contributed by atoms with E-state index in [1.54, 1.807) is 0 Å². The largest absolute Gasteiger partial charge is 0.369 e. The number of anilines is 1. The summed E-state index contributed by atoms with van der Waals surface area (Å²) in [4.78, 5) is 2.49. The van der Waals surface area contributed by atoms with Gasteiger partial charge in [0.25, 0.3) is 0 Å². The number of hydrogen-bond acceptors (Lipinski definition) is 3. The molecule has 2 nitrogen and oxygen atoms in total. The minimum absolute atomic E-state index is 0.163. The number of para-hydroxylation sites is 1. The van der Waals surface area contributed by atoms with Gasteiger partial charge in [-0.25, -0.2) is 0 Å². The van der Waals surface area contributed by atoms with Gasteiger partial charge in [-0.15, -0.1) is 0 Å². The number of nitrogens with zero attached hydrogens (tertiary/aromatic N) is 1. The maximum Gasteiger partial charge on any atom is 0.0415 e. The zero-order valence-electron chi connectivity index (χ0n) is 10.7. The lowest BCUT2D eigenvalue weighted by molar-refractivity contribution is 0.687. The summed E-state index contributed by atoms with van der Waals surface area (Å²) in [5.74, 6) is 1.22. The molecule has 0 aromatic heterocycles. The van der Waals surface area contributed by atoms with Gasteiger partial charge < -0.3 is 10.6 Å². The molecule has 0 amide bonds. The van der Waals surface area contributed by atoms with E-state index in [4.69, 9.17) is 5.73 Å². The standard InChI is InChI=1S/C14H22N2S/c1-3-13(15)12-6-4-5-7-14(12)16-8-9-17-11(2)10-16/h4-7,11,13H,3,8-10,15H2,1-2H3/t11?,13-/m0/s1. The molecule has 94 valence electrons. The van der Waals surface area contributed by atoms with E-state index in [2.05, 4.69) is 54.8 Å². The van der Waals surface area contributed by atoms with Gasteiger partial charge in [-0.05, 0) is 18.1 Å². The molecule has 0 radical (unpaired) electrons. The predicted octanol–water partition coefficient (Wildman–Crippen LogP) is 3.04. The topological polar surface area (TPSA) is 29.3 Å². The molecule has 2 atom stereocenters. The van der Waals surface area contributed by atoms with E-state index >= 15 is 0 Å². The van der Waals surface area contributed by atoms with Crippen molar-refractivity contribution in [3.05, 3.63) is 29.8 Å². The fourth-order valence-corrected chi connectivity index (χ4v) is 3.36. The van der Waals surface area contributed by atoms with E-state index < -0.39 is 0 Å². The molecule has 0 bridgehead atoms. The van der Waals surface area contributed by atoms with Crippen LogP contribution in [0, 0.1) is 0 Å². The molecule has 2 N–H and O–H groups in total. The second-order valence-corrected chi connectivity index (χ2v) is 6.25. The summed E-state index contributed by atoms with van der Waals surface area (Å²) in [5.41, 5.74) is 8.85. The minimum Gasteiger partial charge on any atom is -0.369 e. The van der Waals surface area contributed by atoms with E-state index in [9.17, 15) is 0 Å². The van der Waals surface area contributed by atoms with Gasteiger partial charge in [-0.2, -0.15) is 11.8 Å². The highest BCUT2D eigenvalue weighted by Crippen LogP contribution is 2.30. The SMILES string of the molecule is CC[C@H](N)c1ccccc1N1CCSC(C)C1. The normalized spacial score (nSPS) is 22.5. The van der Waals surface area contributed by atoms with E-state index in [1.807, 2.05) is 0 Å². The highest BCUT2D eigenvalue weighted by molar-refractivity contribution is 8.00. The van der Waals surface area contributed by atoms with Gasteiger partial charge in [0, 0.05) is 35.8 Å². The quantitative estimate of drug-likeness (QED) is 0.894. The summed E-state index contributed by atoms with van der Waals surface area (Å²) < 4.78 is 0. The van der Waals surface area contributed by atoms with E-state index in [0.29, 0.717) is 0 Å². The van der Waals surface area contributed by atoms with Crippen LogP contribution in [0.15, 0.2) is 24.3 Å². The maximum atomic E-state index is 6.20. The Balaban J connectivity index is 2.24. The molecular weight excluding hydrogens is 228 g/mol. The summed E-state index contributed by atoms with van der Waals surface area (Å²) >= 11 is 2.06. The van der Waals surface area contributed by atoms with Crippen LogP contribution in [-0.2, 0) is 0 Å². The third-order valence-corrected chi connectivity index (χ3v) is 4.49. The molecule has 0 aliphatic carbocycles. The van der Waals surface area contributed by atoms with Crippen molar-refractivity contribution in [2.24, 2.45) is 5.73 Å². The molecule has 1 unspecified atom stereocenters. The number of nitrogens with two attached hydrogens (primary N) is 1. The Kier molecular flexibility index (Phi) is 4.35. The van der Waals surface area contributed by atoms with Gasteiger partial charge in [0.15, 0.2) is 0 Å². The van der Waals surface area contributed by atoms with E-state index in [0.717, 1.165) is 24.8 Å². The third-order valence-electron chi connectivity index (χ3n) is 3.36. The van der Waals surface area contributed by atoms with Crippen LogP contribution in [0.4, 0.5) is 5.69 Å². The maximum absolute atomic E-state index is 6.20. The van der Waals surface area contributed by atoms with Crippen molar-refractivity contribution in [2.75, 3.05) is 23.7 Å². The molecule has 2 rings (SSSR count). The number of hydrogen-bond donors (Lipinski definition) is 1. The molecule has 1 aliphatic rings. The predicted molar refractivity (Wildman–Crippen MR) is 77.8 cm³/mol. The first-order valence-corrected chi connectivity index (χ1v) is 7.48. The zero-order valence-corrected chi connectivity index (χ0v) is 11.5. The van der Waals surface area contributed by atoms with Crippen molar-refractivity contribution in [1.82, 2.24) is 0 Å². The first-order chi connectivity index (χ1) is 8.22. The molecule has 17 heavy (non-hydrogen) atoms. The highest BCUT2D eigenvalue weighted by Gasteiger charge is 2.20. The smallest absolute Gasteiger partial charge is 0.0415 e. The minimum atomic E-state index is 0.163. The average molecular weight is 250 g/mol.